The van der Waals surface area contributed by atoms with E-state index in [1.807, 2.05) is 49.2 Å². The van der Waals surface area contributed by atoms with Crippen LogP contribution in [0.5, 0.6) is 0 Å². The maximum absolute atomic E-state index is 6.30. The number of pyridine rings is 13. The van der Waals surface area contributed by atoms with Crippen LogP contribution in [0.3, 0.4) is 0 Å². The molecule has 0 spiro atoms. The summed E-state index contributed by atoms with van der Waals surface area (Å²) in [4.78, 5) is 14.0. The molecule has 0 atom stereocenters. The fraction of sp³-hybridized carbons (Fsp3) is 0.0879. The Bertz CT molecular complexity index is 7660. The van der Waals surface area contributed by atoms with Gasteiger partial charge >= 0.3 is 44.2 Å². The summed E-state index contributed by atoms with van der Waals surface area (Å²) in [5.74, 6) is 0. The zero-order valence-corrected chi connectivity index (χ0v) is 60.7. The molecule has 0 unspecified atom stereocenters. The highest BCUT2D eigenvalue weighted by Gasteiger charge is 2.41. The average Bonchev–Trinajstić information content (AvgIpc) is 1.54. The number of imidazole rings is 5. The second-order valence-electron chi connectivity index (χ2n) is 30.2. The Morgan fingerprint density at radius 1 is 0.279 bits per heavy atom. The number of hydrogen-bond donors (Lipinski definition) is 0. The normalized spacial score (nSPS) is 13.3. The number of nitrogens with zero attached hydrogens (tertiary/aromatic N) is 18. The first-order valence-corrected chi connectivity index (χ1v) is 37.7. The summed E-state index contributed by atoms with van der Waals surface area (Å²) in [6, 6.07) is 75.1. The Morgan fingerprint density at radius 3 is 1.06 bits per heavy atom. The minimum absolute atomic E-state index is 0.875. The van der Waals surface area contributed by atoms with Crippen LogP contribution in [0, 0.1) is 0 Å². The molecule has 5 aliphatic rings. The van der Waals surface area contributed by atoms with Crippen LogP contribution in [0.2, 0.25) is 0 Å². The van der Waals surface area contributed by atoms with Gasteiger partial charge < -0.3 is 0 Å². The van der Waals surface area contributed by atoms with Crippen molar-refractivity contribution in [1.82, 2.24) is 37.0 Å². The maximum atomic E-state index is 6.30. The van der Waals surface area contributed by atoms with Crippen LogP contribution in [0.4, 0.5) is 0 Å². The number of benzene rings is 6. The molecule has 6 aromatic carbocycles. The van der Waals surface area contributed by atoms with E-state index in [-0.39, 0.29) is 0 Å². The fourth-order valence-corrected chi connectivity index (χ4v) is 20.0. The summed E-state index contributed by atoms with van der Waals surface area (Å²) in [5, 5.41) is 9.04. The molecule has 111 heavy (non-hydrogen) atoms. The second kappa shape index (κ2) is 22.0. The Morgan fingerprint density at radius 2 is 0.595 bits per heavy atom. The predicted octanol–water partition coefficient (Wildman–Crippen LogP) is 10.2. The first-order valence-electron chi connectivity index (χ1n) is 37.7. The molecule has 4 radical (unpaired) electrons. The Kier molecular flexibility index (Phi) is 12.0. The lowest BCUT2D eigenvalue weighted by Gasteiger charge is -2.03. The molecule has 0 bridgehead atoms. The average molecular weight is 1430 g/mol. The monoisotopic (exact) mass is 1430 g/mol. The van der Waals surface area contributed by atoms with Crippen LogP contribution < -0.4 is 45.5 Å². The van der Waals surface area contributed by atoms with E-state index < -0.39 is 0 Å². The first kappa shape index (κ1) is 60.8. The number of rotatable bonds is 0. The van der Waals surface area contributed by atoms with Gasteiger partial charge in [-0.15, -0.1) is 0 Å². The number of fused-ring (bicyclic) bond motifs is 27. The molecule has 5 aliphatic heterocycles. The molecule has 0 amide bonds. The van der Waals surface area contributed by atoms with Crippen LogP contribution in [-0.2, 0) is 53.9 Å². The van der Waals surface area contributed by atoms with Crippen molar-refractivity contribution >= 4 is 198 Å². The summed E-state index contributed by atoms with van der Waals surface area (Å²) in [7, 11) is 18.9. The van der Waals surface area contributed by atoms with Gasteiger partial charge in [-0.3, -0.25) is 8.96 Å². The molecule has 514 valence electrons. The number of para-hydroxylation sites is 10. The highest BCUT2D eigenvalue weighted by molar-refractivity contribution is 6.16. The standard InChI is InChI=1S/C20H15N3.C19H12BN3.C19H14N4.C18H11BN4.C15H12N4/c1-21-11-10-13-12-22-16-8-4-5-9-17(16)23-15-7-3-2-6-14(15)19(21)18(13)20(22)23;20-22-10-9-12-11-21-15-7-3-4-8-16(15)23-14-6-2-1-5-13(14)18(22)17(12)19(21)23;1-21-10-8-12-11-22-13-5-2-3-6-14(13)23-15-7-4-9-20-17(15)18(21)16(12)19(22)23;19-22-9-7-11-10-21-12-4-1-2-5-13(12)23-14-6-3-8-20-16(14)17(22)15(11)18(21)23;1-17-6-4-10-9-18-7-8-19-11-3-2-5-16-13(11)14(17)12(10)15(18)19/h2-11H,12H2,1H3;1-10H,11H2;2-10H,11H2,1H3;1-9H,10H2;2-8H,9H2,1H3/q5*+2. The highest BCUT2D eigenvalue weighted by atomic mass is 15.2. The van der Waals surface area contributed by atoms with Gasteiger partial charge in [0.05, 0.1) is 10.8 Å². The van der Waals surface area contributed by atoms with Gasteiger partial charge in [-0.25, -0.2) is 42.4 Å². The molecular weight excluding hydrogens is 1370 g/mol. The van der Waals surface area contributed by atoms with Crippen molar-refractivity contribution in [2.75, 3.05) is 0 Å². The van der Waals surface area contributed by atoms with Gasteiger partial charge in [0, 0.05) is 76.7 Å². The molecule has 23 heterocycles. The molecule has 24 aromatic rings. The third-order valence-corrected chi connectivity index (χ3v) is 24.5. The van der Waals surface area contributed by atoms with E-state index >= 15 is 0 Å². The molecule has 18 nitrogen and oxygen atoms in total. The van der Waals surface area contributed by atoms with Gasteiger partial charge in [0.2, 0.25) is 16.6 Å². The second-order valence-corrected chi connectivity index (χ2v) is 30.2. The van der Waals surface area contributed by atoms with Crippen molar-refractivity contribution in [1.29, 1.82) is 0 Å². The van der Waals surface area contributed by atoms with Crippen molar-refractivity contribution in [3.8, 4) is 0 Å². The van der Waals surface area contributed by atoms with Gasteiger partial charge in [-0.05, 0) is 109 Å². The molecule has 0 saturated heterocycles. The van der Waals surface area contributed by atoms with Gasteiger partial charge in [0.1, 0.15) is 117 Å². The molecule has 20 heteroatoms. The van der Waals surface area contributed by atoms with Crippen LogP contribution in [0.15, 0.2) is 274 Å². The van der Waals surface area contributed by atoms with Gasteiger partial charge in [-0.2, -0.15) is 31.1 Å². The largest absolute Gasteiger partial charge is 0.586 e. The lowest BCUT2D eigenvalue weighted by atomic mass is 10.1. The van der Waals surface area contributed by atoms with Crippen molar-refractivity contribution in [3.63, 3.8) is 0 Å². The van der Waals surface area contributed by atoms with Crippen LogP contribution in [0.25, 0.3) is 182 Å². The lowest BCUT2D eigenvalue weighted by Crippen LogP contribution is -2.32. The van der Waals surface area contributed by atoms with Crippen molar-refractivity contribution in [2.24, 2.45) is 21.1 Å². The molecule has 18 aromatic heterocycles. The van der Waals surface area contributed by atoms with E-state index in [2.05, 4.69) is 315 Å². The summed E-state index contributed by atoms with van der Waals surface area (Å²) in [6.07, 6.45) is 20.2. The molecule has 0 aliphatic carbocycles. The van der Waals surface area contributed by atoms with Crippen molar-refractivity contribution in [3.05, 3.63) is 302 Å². The smallest absolute Gasteiger partial charge is 0.285 e. The summed E-state index contributed by atoms with van der Waals surface area (Å²) in [5.41, 5.74) is 38.1. The Balaban J connectivity index is 0.0000000791. The van der Waals surface area contributed by atoms with Crippen LogP contribution >= 0.6 is 0 Å². The lowest BCUT2D eigenvalue weighted by molar-refractivity contribution is -0.657. The fourth-order valence-electron chi connectivity index (χ4n) is 20.0. The molecule has 0 saturated carbocycles. The minimum Gasteiger partial charge on any atom is -0.285 e. The van der Waals surface area contributed by atoms with Crippen LogP contribution in [-0.4, -0.2) is 52.9 Å². The summed E-state index contributed by atoms with van der Waals surface area (Å²) in [6.45, 7) is 4.62. The SMILES string of the molecule is C[n+]1ccc2c3c1c1ccccc1n1c4ccccc4[n+](c31)C2.C[n+]1ccc2c3c1c1ncccc1n1c4ccccc4[n+](c31)C2.C[n+]1ccc2c3c1c1ncccc1n1cc[n+](c31)C2.[B][n+]1ccc2c3c1c1ccccc1n1c4ccccc4[n+](c31)C2.[B][n+]1ccc2c3c1c1ncccc1n1c4ccccc4[n+](c31)C2. The molecule has 29 rings (SSSR count). The third kappa shape index (κ3) is 7.88. The zero-order chi connectivity index (χ0) is 73.1. The van der Waals surface area contributed by atoms with Crippen LogP contribution in [0.1, 0.15) is 27.8 Å². The van der Waals surface area contributed by atoms with E-state index in [0.29, 0.717) is 0 Å². The minimum atomic E-state index is 0.875. The van der Waals surface area contributed by atoms with E-state index in [1.165, 1.54) is 177 Å². The van der Waals surface area contributed by atoms with E-state index in [9.17, 15) is 0 Å². The molecular formula is C91H64B2N18+10. The van der Waals surface area contributed by atoms with Gasteiger partial charge in [-0.1, -0.05) is 72.8 Å². The van der Waals surface area contributed by atoms with E-state index in [4.69, 9.17) is 20.9 Å². The maximum Gasteiger partial charge on any atom is 0.586 e. The summed E-state index contributed by atoms with van der Waals surface area (Å²) >= 11 is 0. The van der Waals surface area contributed by atoms with Gasteiger partial charge in [0.15, 0.2) is 95.8 Å². The highest BCUT2D eigenvalue weighted by Crippen LogP contribution is 2.40. The number of hydrogen-bond acceptors (Lipinski definition) is 3. The predicted molar refractivity (Wildman–Crippen MR) is 428 cm³/mol. The topological polar surface area (TPSA) is 99.5 Å². The van der Waals surface area contributed by atoms with Crippen molar-refractivity contribution in [2.45, 2.75) is 32.7 Å². The first-order chi connectivity index (χ1) is 54.7. The summed E-state index contributed by atoms with van der Waals surface area (Å²) < 4.78 is 33.8. The number of aryl methyl sites for hydroxylation is 3. The quantitative estimate of drug-likeness (QED) is 0.0859. The van der Waals surface area contributed by atoms with Gasteiger partial charge in [0.25, 0.3) is 11.0 Å². The van der Waals surface area contributed by atoms with E-state index in [0.717, 1.165) is 65.8 Å². The molecule has 0 fully saturated rings. The third-order valence-electron chi connectivity index (χ3n) is 24.5. The van der Waals surface area contributed by atoms with E-state index in [1.54, 1.807) is 8.96 Å². The Hall–Kier alpha value is -14.3. The molecule has 0 N–H and O–H groups in total. The number of aromatic nitrogens is 18. The Labute approximate surface area is 632 Å². The van der Waals surface area contributed by atoms with Crippen molar-refractivity contribution < 1.29 is 45.5 Å². The zero-order valence-electron chi connectivity index (χ0n) is 60.7.